The van der Waals surface area contributed by atoms with Crippen LogP contribution >= 0.6 is 0 Å². The Morgan fingerprint density at radius 2 is 1.82 bits per heavy atom. The molecule has 0 aliphatic carbocycles. The van der Waals surface area contributed by atoms with Gasteiger partial charge in [-0.05, 0) is 36.8 Å². The molecule has 2 N–H and O–H groups in total. The highest BCUT2D eigenvalue weighted by Gasteiger charge is 2.30. The maximum atomic E-state index is 13.2. The summed E-state index contributed by atoms with van der Waals surface area (Å²) in [5, 5.41) is 11.7. The molecule has 0 amide bonds. The summed E-state index contributed by atoms with van der Waals surface area (Å²) in [5.74, 6) is -0.242. The van der Waals surface area contributed by atoms with E-state index in [2.05, 4.69) is 20.3 Å². The van der Waals surface area contributed by atoms with Crippen molar-refractivity contribution in [3.63, 3.8) is 0 Å². The second-order valence-corrected chi connectivity index (χ2v) is 5.96. The first-order valence-corrected chi connectivity index (χ1v) is 8.43. The number of aromatic nitrogens is 4. The first-order valence-electron chi connectivity index (χ1n) is 8.43. The van der Waals surface area contributed by atoms with Crippen LogP contribution in [-0.2, 0) is 6.54 Å². The fourth-order valence-corrected chi connectivity index (χ4v) is 2.64. The van der Waals surface area contributed by atoms with Crippen molar-refractivity contribution in [3.8, 4) is 22.6 Å². The van der Waals surface area contributed by atoms with Crippen LogP contribution in [0.3, 0.4) is 0 Å². The molecular weight excluding hydrogens is 378 g/mol. The Balaban J connectivity index is 2.05. The van der Waals surface area contributed by atoms with Gasteiger partial charge in [-0.3, -0.25) is 0 Å². The van der Waals surface area contributed by atoms with Gasteiger partial charge in [0.05, 0.1) is 23.4 Å². The van der Waals surface area contributed by atoms with Crippen LogP contribution in [0.15, 0.2) is 42.9 Å². The lowest BCUT2D eigenvalue weighted by Crippen LogP contribution is -2.18. The van der Waals surface area contributed by atoms with Gasteiger partial charge >= 0.3 is 6.18 Å². The van der Waals surface area contributed by atoms with E-state index in [4.69, 9.17) is 5.11 Å². The number of anilines is 1. The quantitative estimate of drug-likeness (QED) is 0.473. The van der Waals surface area contributed by atoms with Gasteiger partial charge in [0.2, 0.25) is 5.95 Å². The molecule has 10 heteroatoms. The van der Waals surface area contributed by atoms with Gasteiger partial charge in [0.15, 0.2) is 0 Å². The van der Waals surface area contributed by atoms with E-state index in [-0.39, 0.29) is 29.6 Å². The molecule has 0 unspecified atom stereocenters. The minimum atomic E-state index is -4.45. The van der Waals surface area contributed by atoms with Gasteiger partial charge in [-0.15, -0.1) is 0 Å². The second kappa shape index (κ2) is 8.34. The minimum Gasteiger partial charge on any atom is -0.396 e. The van der Waals surface area contributed by atoms with Crippen LogP contribution < -0.4 is 5.32 Å². The first-order chi connectivity index (χ1) is 13.4. The summed E-state index contributed by atoms with van der Waals surface area (Å²) in [4.78, 5) is 12.4. The Hall–Kier alpha value is -3.01. The lowest BCUT2D eigenvalue weighted by Gasteiger charge is -2.13. The van der Waals surface area contributed by atoms with Crippen molar-refractivity contribution in [3.05, 3.63) is 48.7 Å². The van der Waals surface area contributed by atoms with E-state index in [1.165, 1.54) is 36.5 Å². The largest absolute Gasteiger partial charge is 0.406 e. The molecule has 3 rings (SSSR count). The molecule has 148 valence electrons. The zero-order valence-corrected chi connectivity index (χ0v) is 14.6. The van der Waals surface area contributed by atoms with Gasteiger partial charge in [0.1, 0.15) is 12.4 Å². The van der Waals surface area contributed by atoms with Crippen molar-refractivity contribution in [2.45, 2.75) is 19.1 Å². The Kier molecular flexibility index (Phi) is 5.88. The van der Waals surface area contributed by atoms with Crippen LogP contribution in [0.4, 0.5) is 23.5 Å². The highest BCUT2D eigenvalue weighted by molar-refractivity contribution is 5.77. The smallest absolute Gasteiger partial charge is 0.396 e. The third-order valence-electron chi connectivity index (χ3n) is 3.82. The maximum absolute atomic E-state index is 13.2. The number of alkyl halides is 3. The van der Waals surface area contributed by atoms with E-state index >= 15 is 0 Å². The van der Waals surface area contributed by atoms with Gasteiger partial charge in [0.25, 0.3) is 0 Å². The van der Waals surface area contributed by atoms with Crippen LogP contribution in [0.1, 0.15) is 6.42 Å². The number of nitrogens with zero attached hydrogens (tertiary/aromatic N) is 4. The molecule has 2 aromatic heterocycles. The van der Waals surface area contributed by atoms with Gasteiger partial charge in [-0.1, -0.05) is 0 Å². The van der Waals surface area contributed by atoms with Crippen LogP contribution in [0, 0.1) is 5.82 Å². The van der Waals surface area contributed by atoms with Crippen molar-refractivity contribution in [2.24, 2.45) is 0 Å². The predicted octanol–water partition coefficient (Wildman–Crippen LogP) is 3.50. The average Bonchev–Trinajstić information content (AvgIpc) is 3.04. The summed E-state index contributed by atoms with van der Waals surface area (Å²) < 4.78 is 53.2. The molecule has 0 spiro atoms. The van der Waals surface area contributed by atoms with Crippen LogP contribution in [0.5, 0.6) is 0 Å². The molecule has 0 atom stereocenters. The van der Waals surface area contributed by atoms with E-state index in [1.807, 2.05) is 0 Å². The van der Waals surface area contributed by atoms with Gasteiger partial charge in [-0.25, -0.2) is 19.3 Å². The normalized spacial score (nSPS) is 11.6. The van der Waals surface area contributed by atoms with Crippen LogP contribution in [-0.4, -0.2) is 44.0 Å². The number of rotatable bonds is 7. The number of hydrogen-bond acceptors (Lipinski definition) is 5. The van der Waals surface area contributed by atoms with E-state index in [0.717, 1.165) is 10.9 Å². The number of aliphatic hydroxyl groups excluding tert-OH is 1. The number of halogens is 4. The minimum absolute atomic E-state index is 0.0141. The van der Waals surface area contributed by atoms with Crippen LogP contribution in [0.25, 0.3) is 22.6 Å². The number of aliphatic hydroxyl groups is 1. The number of nitrogens with one attached hydrogen (secondary N) is 1. The molecule has 3 aromatic rings. The topological polar surface area (TPSA) is 75.9 Å². The molecule has 0 saturated heterocycles. The number of imidazole rings is 1. The molecule has 0 bridgehead atoms. The molecule has 0 radical (unpaired) electrons. The molecule has 2 heterocycles. The monoisotopic (exact) mass is 395 g/mol. The van der Waals surface area contributed by atoms with E-state index < -0.39 is 18.5 Å². The summed E-state index contributed by atoms with van der Waals surface area (Å²) in [7, 11) is 0. The van der Waals surface area contributed by atoms with Crippen molar-refractivity contribution >= 4 is 5.95 Å². The second-order valence-electron chi connectivity index (χ2n) is 5.96. The Labute approximate surface area is 157 Å². The van der Waals surface area contributed by atoms with Crippen molar-refractivity contribution in [2.75, 3.05) is 18.5 Å². The number of hydrogen-bond donors (Lipinski definition) is 2. The Bertz CT molecular complexity index is 924. The van der Waals surface area contributed by atoms with Gasteiger partial charge < -0.3 is 15.0 Å². The standard InChI is InChI=1S/C18H17F4N5O/c19-13-4-2-12(3-5-13)15-16(27(11-25-15)10-18(20,21)22)14-6-8-24-17(26-14)23-7-1-9-28/h2-6,8,11,28H,1,7,9-10H2,(H,23,24,26). The van der Waals surface area contributed by atoms with Crippen molar-refractivity contribution in [1.29, 1.82) is 0 Å². The summed E-state index contributed by atoms with van der Waals surface area (Å²) in [6, 6.07) is 6.79. The molecule has 6 nitrogen and oxygen atoms in total. The first kappa shape index (κ1) is 19.7. The fraction of sp³-hybridized carbons (Fsp3) is 0.278. The van der Waals surface area contributed by atoms with E-state index in [9.17, 15) is 17.6 Å². The lowest BCUT2D eigenvalue weighted by molar-refractivity contribution is -0.140. The third-order valence-corrected chi connectivity index (χ3v) is 3.82. The van der Waals surface area contributed by atoms with Gasteiger partial charge in [0, 0.05) is 24.9 Å². The SMILES string of the molecule is OCCCNc1nccc(-c2c(-c3ccc(F)cc3)ncn2CC(F)(F)F)n1. The molecule has 0 aliphatic rings. The fourth-order valence-electron chi connectivity index (χ4n) is 2.64. The molecule has 0 saturated carbocycles. The van der Waals surface area contributed by atoms with Crippen LogP contribution in [0.2, 0.25) is 0 Å². The predicted molar refractivity (Wildman–Crippen MR) is 94.9 cm³/mol. The molecule has 1 aromatic carbocycles. The number of benzene rings is 1. The summed E-state index contributed by atoms with van der Waals surface area (Å²) in [5.41, 5.74) is 1.11. The highest BCUT2D eigenvalue weighted by atomic mass is 19.4. The molecule has 0 aliphatic heterocycles. The Morgan fingerprint density at radius 1 is 1.07 bits per heavy atom. The van der Waals surface area contributed by atoms with Crippen molar-refractivity contribution in [1.82, 2.24) is 19.5 Å². The Morgan fingerprint density at radius 3 is 2.50 bits per heavy atom. The molecular formula is C18H17F4N5O. The van der Waals surface area contributed by atoms with Gasteiger partial charge in [-0.2, -0.15) is 13.2 Å². The molecule has 0 fully saturated rings. The lowest BCUT2D eigenvalue weighted by atomic mass is 10.1. The van der Waals surface area contributed by atoms with Crippen molar-refractivity contribution < 1.29 is 22.7 Å². The van der Waals surface area contributed by atoms with E-state index in [0.29, 0.717) is 18.5 Å². The zero-order valence-electron chi connectivity index (χ0n) is 14.6. The van der Waals surface area contributed by atoms with E-state index in [1.54, 1.807) is 0 Å². The zero-order chi connectivity index (χ0) is 20.1. The molecule has 28 heavy (non-hydrogen) atoms. The summed E-state index contributed by atoms with van der Waals surface area (Å²) in [6.07, 6.45) is -1.48. The third kappa shape index (κ3) is 4.83. The highest BCUT2D eigenvalue weighted by Crippen LogP contribution is 2.32. The summed E-state index contributed by atoms with van der Waals surface area (Å²) >= 11 is 0. The summed E-state index contributed by atoms with van der Waals surface area (Å²) in [6.45, 7) is -0.847. The maximum Gasteiger partial charge on any atom is 0.406 e. The average molecular weight is 395 g/mol.